The van der Waals surface area contributed by atoms with Crippen molar-refractivity contribution in [2.75, 3.05) is 19.1 Å². The number of nitrogen functional groups attached to an aromatic ring is 1. The summed E-state index contributed by atoms with van der Waals surface area (Å²) in [6.45, 7) is 4.92. The molecule has 0 radical (unpaired) electrons. The number of nitrogens with zero attached hydrogens (tertiary/aromatic N) is 1. The van der Waals surface area contributed by atoms with Crippen LogP contribution >= 0.6 is 0 Å². The number of fused-ring (bicyclic) bond motifs is 1. The molecule has 214 valence electrons. The quantitative estimate of drug-likeness (QED) is 0.314. The standard InChI is InChI=1S/C29H35N3O7S/c1-29(2,3)39-28(34)31-24(15-20-7-5-4-6-8-20)25(33)18-32(40(35,36)23-12-10-22(30)11-13-23)17-21-9-14-26-27(16-21)38-19-37-26/h4-14,16,24-25,33H,15,17-19,30H2,1-3H3,(H,31,34)/t24-,25+/m0/s1. The molecule has 1 amide bonds. The highest BCUT2D eigenvalue weighted by Gasteiger charge is 2.32. The van der Waals surface area contributed by atoms with Gasteiger partial charge in [-0.15, -0.1) is 0 Å². The molecule has 0 spiro atoms. The van der Waals surface area contributed by atoms with Crippen molar-refractivity contribution in [3.05, 3.63) is 83.9 Å². The Morgan fingerprint density at radius 3 is 2.38 bits per heavy atom. The van der Waals surface area contributed by atoms with Gasteiger partial charge in [0, 0.05) is 18.8 Å². The van der Waals surface area contributed by atoms with Gasteiger partial charge in [0.05, 0.1) is 17.0 Å². The summed E-state index contributed by atoms with van der Waals surface area (Å²) in [5, 5.41) is 14.2. The number of alkyl carbamates (subject to hydrolysis) is 1. The fraction of sp³-hybridized carbons (Fsp3) is 0.345. The van der Waals surface area contributed by atoms with Gasteiger partial charge in [-0.3, -0.25) is 0 Å². The van der Waals surface area contributed by atoms with Gasteiger partial charge in [0.2, 0.25) is 16.8 Å². The van der Waals surface area contributed by atoms with Crippen molar-refractivity contribution in [1.82, 2.24) is 9.62 Å². The molecule has 0 aliphatic carbocycles. The topological polar surface area (TPSA) is 140 Å². The van der Waals surface area contributed by atoms with Crippen molar-refractivity contribution in [2.24, 2.45) is 0 Å². The van der Waals surface area contributed by atoms with Gasteiger partial charge in [-0.2, -0.15) is 4.31 Å². The van der Waals surface area contributed by atoms with E-state index < -0.39 is 33.9 Å². The van der Waals surface area contributed by atoms with Crippen LogP contribution in [0.25, 0.3) is 0 Å². The Bertz CT molecular complexity index is 1410. The zero-order valence-electron chi connectivity index (χ0n) is 22.7. The lowest BCUT2D eigenvalue weighted by Crippen LogP contribution is -2.51. The lowest BCUT2D eigenvalue weighted by atomic mass is 10.0. The first kappa shape index (κ1) is 29.2. The van der Waals surface area contributed by atoms with E-state index in [9.17, 15) is 18.3 Å². The predicted molar refractivity (Wildman–Crippen MR) is 150 cm³/mol. The molecule has 0 saturated heterocycles. The summed E-state index contributed by atoms with van der Waals surface area (Å²) < 4.78 is 45.1. The number of aliphatic hydroxyl groups excluding tert-OH is 1. The maximum Gasteiger partial charge on any atom is 0.407 e. The highest BCUT2D eigenvalue weighted by molar-refractivity contribution is 7.89. The molecule has 40 heavy (non-hydrogen) atoms. The van der Waals surface area contributed by atoms with E-state index in [1.165, 1.54) is 28.6 Å². The Morgan fingerprint density at radius 2 is 1.70 bits per heavy atom. The summed E-state index contributed by atoms with van der Waals surface area (Å²) in [5.74, 6) is 1.08. The van der Waals surface area contributed by atoms with Crippen LogP contribution in [0.4, 0.5) is 10.5 Å². The molecule has 0 saturated carbocycles. The summed E-state index contributed by atoms with van der Waals surface area (Å²) >= 11 is 0. The average Bonchev–Trinajstić information content (AvgIpc) is 3.36. The van der Waals surface area contributed by atoms with Crippen LogP contribution in [-0.4, -0.2) is 55.0 Å². The van der Waals surface area contributed by atoms with Gasteiger partial charge in [-0.25, -0.2) is 13.2 Å². The zero-order valence-corrected chi connectivity index (χ0v) is 23.6. The van der Waals surface area contributed by atoms with Crippen LogP contribution < -0.4 is 20.5 Å². The number of aliphatic hydroxyl groups is 1. The molecule has 11 heteroatoms. The molecule has 4 N–H and O–H groups in total. The van der Waals surface area contributed by atoms with Crippen molar-refractivity contribution in [3.63, 3.8) is 0 Å². The minimum atomic E-state index is -4.09. The highest BCUT2D eigenvalue weighted by Crippen LogP contribution is 2.33. The summed E-state index contributed by atoms with van der Waals surface area (Å²) in [6.07, 6.45) is -1.75. The van der Waals surface area contributed by atoms with E-state index in [-0.39, 0.29) is 31.2 Å². The number of anilines is 1. The van der Waals surface area contributed by atoms with E-state index in [4.69, 9.17) is 19.9 Å². The number of hydrogen-bond acceptors (Lipinski definition) is 8. The van der Waals surface area contributed by atoms with Crippen LogP contribution in [0, 0.1) is 0 Å². The minimum Gasteiger partial charge on any atom is -0.454 e. The lowest BCUT2D eigenvalue weighted by molar-refractivity contribution is 0.0400. The maximum atomic E-state index is 13.8. The van der Waals surface area contributed by atoms with E-state index in [1.54, 1.807) is 39.0 Å². The Hall–Kier alpha value is -3.80. The molecule has 2 atom stereocenters. The number of ether oxygens (including phenoxy) is 3. The Labute approximate surface area is 234 Å². The molecule has 0 bridgehead atoms. The first-order valence-corrected chi connectivity index (χ1v) is 14.3. The van der Waals surface area contributed by atoms with Crippen LogP contribution in [0.15, 0.2) is 77.7 Å². The van der Waals surface area contributed by atoms with Crippen LogP contribution in [0.1, 0.15) is 31.9 Å². The first-order chi connectivity index (χ1) is 18.9. The van der Waals surface area contributed by atoms with Crippen LogP contribution in [0.5, 0.6) is 11.5 Å². The van der Waals surface area contributed by atoms with Crippen molar-refractivity contribution < 1.29 is 32.5 Å². The molecule has 4 rings (SSSR count). The summed E-state index contributed by atoms with van der Waals surface area (Å²) in [4.78, 5) is 12.7. The third kappa shape index (κ3) is 7.65. The molecular formula is C29H35N3O7S. The molecule has 1 aliphatic rings. The Morgan fingerprint density at radius 1 is 1.02 bits per heavy atom. The largest absolute Gasteiger partial charge is 0.454 e. The van der Waals surface area contributed by atoms with Crippen LogP contribution in [-0.2, 0) is 27.7 Å². The van der Waals surface area contributed by atoms with Crippen molar-refractivity contribution >= 4 is 21.8 Å². The predicted octanol–water partition coefficient (Wildman–Crippen LogP) is 3.69. The average molecular weight is 570 g/mol. The number of nitrogens with two attached hydrogens (primary N) is 1. The summed E-state index contributed by atoms with van der Waals surface area (Å²) in [6, 6.07) is 19.5. The van der Waals surface area contributed by atoms with Crippen molar-refractivity contribution in [3.8, 4) is 11.5 Å². The van der Waals surface area contributed by atoms with Crippen LogP contribution in [0.3, 0.4) is 0 Å². The number of hydrogen-bond donors (Lipinski definition) is 3. The lowest BCUT2D eigenvalue weighted by Gasteiger charge is -2.30. The maximum absolute atomic E-state index is 13.8. The second-order valence-electron chi connectivity index (χ2n) is 10.6. The highest BCUT2D eigenvalue weighted by atomic mass is 32.2. The molecule has 1 heterocycles. The van der Waals surface area contributed by atoms with Gasteiger partial charge >= 0.3 is 6.09 Å². The van der Waals surface area contributed by atoms with E-state index in [2.05, 4.69) is 5.32 Å². The molecule has 10 nitrogen and oxygen atoms in total. The minimum absolute atomic E-state index is 0.0226. The SMILES string of the molecule is CC(C)(C)OC(=O)N[C@@H](Cc1ccccc1)[C@H](O)CN(Cc1ccc2c(c1)OCO2)S(=O)(=O)c1ccc(N)cc1. The van der Waals surface area contributed by atoms with Crippen LogP contribution in [0.2, 0.25) is 0 Å². The molecular weight excluding hydrogens is 534 g/mol. The number of amides is 1. The fourth-order valence-corrected chi connectivity index (χ4v) is 5.67. The zero-order chi connectivity index (χ0) is 28.9. The summed E-state index contributed by atoms with van der Waals surface area (Å²) in [7, 11) is -4.09. The van der Waals surface area contributed by atoms with Gasteiger partial charge < -0.3 is 30.4 Å². The smallest absolute Gasteiger partial charge is 0.407 e. The second kappa shape index (κ2) is 12.2. The third-order valence-corrected chi connectivity index (χ3v) is 8.00. The molecule has 3 aromatic carbocycles. The van der Waals surface area contributed by atoms with E-state index in [0.717, 1.165) is 5.56 Å². The van der Waals surface area contributed by atoms with Gasteiger partial charge in [0.15, 0.2) is 11.5 Å². The monoisotopic (exact) mass is 569 g/mol. The van der Waals surface area contributed by atoms with Gasteiger partial charge in [-0.1, -0.05) is 36.4 Å². The number of nitrogens with one attached hydrogen (secondary N) is 1. The third-order valence-electron chi connectivity index (χ3n) is 6.17. The Kier molecular flexibility index (Phi) is 8.87. The fourth-order valence-electron chi connectivity index (χ4n) is 4.23. The Balaban J connectivity index is 1.63. The molecule has 3 aromatic rings. The number of sulfonamides is 1. The molecule has 0 fully saturated rings. The number of carbonyl (C=O) groups is 1. The number of benzene rings is 3. The number of rotatable bonds is 10. The summed E-state index contributed by atoms with van der Waals surface area (Å²) in [5.41, 5.74) is 6.93. The van der Waals surface area contributed by atoms with E-state index in [0.29, 0.717) is 22.7 Å². The van der Waals surface area contributed by atoms with Crippen molar-refractivity contribution in [1.29, 1.82) is 0 Å². The molecule has 1 aliphatic heterocycles. The molecule has 0 unspecified atom stereocenters. The number of carbonyl (C=O) groups excluding carboxylic acids is 1. The van der Waals surface area contributed by atoms with E-state index >= 15 is 0 Å². The van der Waals surface area contributed by atoms with E-state index in [1.807, 2.05) is 30.3 Å². The normalized spacial score (nSPS) is 14.5. The van der Waals surface area contributed by atoms with Gasteiger partial charge in [-0.05, 0) is 74.7 Å². The first-order valence-electron chi connectivity index (χ1n) is 12.9. The van der Waals surface area contributed by atoms with Gasteiger partial charge in [0.1, 0.15) is 5.60 Å². The molecule has 0 aromatic heterocycles. The van der Waals surface area contributed by atoms with Gasteiger partial charge in [0.25, 0.3) is 0 Å². The second-order valence-corrected chi connectivity index (χ2v) is 12.5. The van der Waals surface area contributed by atoms with Crippen molar-refractivity contribution in [2.45, 2.75) is 56.4 Å².